The van der Waals surface area contributed by atoms with E-state index in [0.717, 1.165) is 11.3 Å². The SMILES string of the molecule is CN[C@@H](C)C(=O)N[C@H](C(=O)N1C[C@@H](Oc2ccc(F)cc2)C[C@H]1CN(CCc1ccc(F)cc1)C(=O)c1cc(C)n(C)n1)C(C)(C)C. The predicted octanol–water partition coefficient (Wildman–Crippen LogP) is 3.88. The number of nitrogens with zero attached hydrogens (tertiary/aromatic N) is 4. The molecule has 4 rings (SSSR count). The summed E-state index contributed by atoms with van der Waals surface area (Å²) in [4.78, 5) is 44.7. The molecule has 254 valence electrons. The molecule has 0 unspecified atom stereocenters. The molecule has 12 heteroatoms. The van der Waals surface area contributed by atoms with E-state index in [4.69, 9.17) is 4.74 Å². The molecule has 1 fully saturated rings. The largest absolute Gasteiger partial charge is 0.489 e. The van der Waals surface area contributed by atoms with Gasteiger partial charge in [-0.05, 0) is 80.8 Å². The summed E-state index contributed by atoms with van der Waals surface area (Å²) in [5.74, 6) is -1.17. The third kappa shape index (κ3) is 9.15. The Morgan fingerprint density at radius 3 is 2.23 bits per heavy atom. The second-order valence-electron chi connectivity index (χ2n) is 13.3. The van der Waals surface area contributed by atoms with E-state index >= 15 is 0 Å². The molecule has 2 aromatic carbocycles. The summed E-state index contributed by atoms with van der Waals surface area (Å²) < 4.78 is 35.1. The number of aromatic nitrogens is 2. The normalized spacial score (nSPS) is 17.7. The van der Waals surface area contributed by atoms with Crippen LogP contribution in [-0.2, 0) is 23.1 Å². The van der Waals surface area contributed by atoms with Gasteiger partial charge in [-0.1, -0.05) is 32.9 Å². The van der Waals surface area contributed by atoms with Crippen molar-refractivity contribution in [1.29, 1.82) is 0 Å². The lowest BCUT2D eigenvalue weighted by atomic mass is 9.85. The molecule has 2 heterocycles. The van der Waals surface area contributed by atoms with E-state index in [1.165, 1.54) is 36.4 Å². The van der Waals surface area contributed by atoms with E-state index in [9.17, 15) is 23.2 Å². The third-order valence-corrected chi connectivity index (χ3v) is 8.64. The van der Waals surface area contributed by atoms with E-state index in [2.05, 4.69) is 15.7 Å². The number of hydrogen-bond donors (Lipinski definition) is 2. The van der Waals surface area contributed by atoms with Crippen LogP contribution < -0.4 is 15.4 Å². The van der Waals surface area contributed by atoms with Gasteiger partial charge >= 0.3 is 0 Å². The van der Waals surface area contributed by atoms with E-state index in [0.29, 0.717) is 25.1 Å². The fourth-order valence-electron chi connectivity index (χ4n) is 5.59. The Labute approximate surface area is 275 Å². The van der Waals surface area contributed by atoms with Gasteiger partial charge in [-0.3, -0.25) is 19.1 Å². The quantitative estimate of drug-likeness (QED) is 0.308. The van der Waals surface area contributed by atoms with Crippen LogP contribution in [0.5, 0.6) is 5.75 Å². The van der Waals surface area contributed by atoms with Crippen LogP contribution in [0.15, 0.2) is 54.6 Å². The monoisotopic (exact) mass is 652 g/mol. The number of carbonyl (C=O) groups is 3. The second-order valence-corrected chi connectivity index (χ2v) is 13.3. The van der Waals surface area contributed by atoms with Crippen molar-refractivity contribution in [2.24, 2.45) is 12.5 Å². The molecule has 47 heavy (non-hydrogen) atoms. The number of carbonyl (C=O) groups excluding carboxylic acids is 3. The molecule has 3 aromatic rings. The van der Waals surface area contributed by atoms with Gasteiger partial charge in [0.05, 0.1) is 18.6 Å². The second kappa shape index (κ2) is 15.1. The molecule has 4 atom stereocenters. The average molecular weight is 653 g/mol. The lowest BCUT2D eigenvalue weighted by Gasteiger charge is -2.37. The minimum Gasteiger partial charge on any atom is -0.489 e. The Kier molecular flexibility index (Phi) is 11.4. The summed E-state index contributed by atoms with van der Waals surface area (Å²) in [6.45, 7) is 9.90. The number of likely N-dealkylation sites (N-methyl/N-ethyl adjacent to an activating group) is 1. The molecule has 1 aromatic heterocycles. The standard InChI is InChI=1S/C35H46F2N6O4/c1-22-18-30(40-41(22)7)33(45)42(17-16-24-8-10-25(36)11-9-24)20-27-19-29(47-28-14-12-26(37)13-15-28)21-43(27)34(46)31(35(3,4)5)39-32(44)23(2)38-6/h8-15,18,23,27,29,31,38H,16-17,19-21H2,1-7H3,(H,39,44)/t23-,27-,29-,31+/m0/s1. The van der Waals surface area contributed by atoms with Gasteiger partial charge in [-0.25, -0.2) is 8.78 Å². The molecule has 0 bridgehead atoms. The highest BCUT2D eigenvalue weighted by Gasteiger charge is 2.44. The van der Waals surface area contributed by atoms with E-state index in [-0.39, 0.29) is 42.3 Å². The molecule has 3 amide bonds. The molecule has 10 nitrogen and oxygen atoms in total. The fraction of sp³-hybridized carbons (Fsp3) is 0.486. The lowest BCUT2D eigenvalue weighted by Crippen LogP contribution is -2.59. The minimum absolute atomic E-state index is 0.169. The van der Waals surface area contributed by atoms with Crippen molar-refractivity contribution in [3.63, 3.8) is 0 Å². The zero-order valence-corrected chi connectivity index (χ0v) is 28.2. The minimum atomic E-state index is -0.861. The Bertz CT molecular complexity index is 1520. The van der Waals surface area contributed by atoms with Crippen LogP contribution in [0.3, 0.4) is 0 Å². The molecular weight excluding hydrogens is 606 g/mol. The maximum atomic E-state index is 14.4. The van der Waals surface area contributed by atoms with Gasteiger partial charge in [0.25, 0.3) is 5.91 Å². The molecular formula is C35H46F2N6O4. The number of nitrogens with one attached hydrogen (secondary N) is 2. The Hall–Kier alpha value is -4.32. The first-order chi connectivity index (χ1) is 22.2. The van der Waals surface area contributed by atoms with Crippen LogP contribution in [-0.4, -0.2) is 88.2 Å². The summed E-state index contributed by atoms with van der Waals surface area (Å²) in [6.07, 6.45) is 0.395. The van der Waals surface area contributed by atoms with E-state index < -0.39 is 35.5 Å². The molecule has 1 aliphatic rings. The molecule has 1 saturated heterocycles. The number of hydrogen-bond acceptors (Lipinski definition) is 6. The van der Waals surface area contributed by atoms with Gasteiger partial charge in [0.1, 0.15) is 29.5 Å². The Morgan fingerprint density at radius 2 is 1.68 bits per heavy atom. The first-order valence-electron chi connectivity index (χ1n) is 15.9. The highest BCUT2D eigenvalue weighted by atomic mass is 19.1. The average Bonchev–Trinajstić information content (AvgIpc) is 3.59. The zero-order chi connectivity index (χ0) is 34.5. The van der Waals surface area contributed by atoms with Gasteiger partial charge < -0.3 is 25.2 Å². The molecule has 2 N–H and O–H groups in total. The fourth-order valence-corrected chi connectivity index (χ4v) is 5.59. The lowest BCUT2D eigenvalue weighted by molar-refractivity contribution is -0.141. The van der Waals surface area contributed by atoms with Crippen molar-refractivity contribution < 1.29 is 27.9 Å². The Balaban J connectivity index is 1.66. The number of amides is 3. The molecule has 1 aliphatic heterocycles. The Morgan fingerprint density at radius 1 is 1.06 bits per heavy atom. The molecule has 0 aliphatic carbocycles. The van der Waals surface area contributed by atoms with E-state index in [1.807, 2.05) is 27.7 Å². The highest BCUT2D eigenvalue weighted by molar-refractivity contribution is 5.93. The van der Waals surface area contributed by atoms with Crippen LogP contribution in [0.4, 0.5) is 8.78 Å². The highest BCUT2D eigenvalue weighted by Crippen LogP contribution is 2.29. The molecule has 0 spiro atoms. The van der Waals surface area contributed by atoms with Crippen LogP contribution in [0.2, 0.25) is 0 Å². The van der Waals surface area contributed by atoms with E-state index in [1.54, 1.807) is 53.7 Å². The summed E-state index contributed by atoms with van der Waals surface area (Å²) in [5, 5.41) is 10.3. The van der Waals surface area contributed by atoms with Crippen molar-refractivity contribution in [3.8, 4) is 5.75 Å². The number of aryl methyl sites for hydroxylation is 2. The van der Waals surface area contributed by atoms with Crippen molar-refractivity contribution in [2.45, 2.75) is 71.7 Å². The first-order valence-corrected chi connectivity index (χ1v) is 15.9. The van der Waals surface area contributed by atoms with Crippen LogP contribution >= 0.6 is 0 Å². The zero-order valence-electron chi connectivity index (χ0n) is 28.2. The smallest absolute Gasteiger partial charge is 0.274 e. The van der Waals surface area contributed by atoms with Crippen molar-refractivity contribution in [3.05, 3.63) is 83.2 Å². The summed E-state index contributed by atoms with van der Waals surface area (Å²) in [5.41, 5.74) is 1.31. The summed E-state index contributed by atoms with van der Waals surface area (Å²) >= 11 is 0. The number of rotatable bonds is 12. The number of halogens is 2. The van der Waals surface area contributed by atoms with Gasteiger partial charge in [0.2, 0.25) is 11.8 Å². The van der Waals surface area contributed by atoms with Gasteiger partial charge in [0, 0.05) is 32.3 Å². The van der Waals surface area contributed by atoms with Crippen LogP contribution in [0, 0.1) is 24.0 Å². The van der Waals surface area contributed by atoms with Crippen molar-refractivity contribution in [2.75, 3.05) is 26.7 Å². The van der Waals surface area contributed by atoms with Crippen molar-refractivity contribution in [1.82, 2.24) is 30.2 Å². The van der Waals surface area contributed by atoms with Gasteiger partial charge in [-0.2, -0.15) is 5.10 Å². The number of benzene rings is 2. The topological polar surface area (TPSA) is 109 Å². The van der Waals surface area contributed by atoms with Gasteiger partial charge in [-0.15, -0.1) is 0 Å². The van der Waals surface area contributed by atoms with Crippen LogP contribution in [0.25, 0.3) is 0 Å². The summed E-state index contributed by atoms with van der Waals surface area (Å²) in [6, 6.07) is 11.7. The molecule has 0 saturated carbocycles. The maximum absolute atomic E-state index is 14.4. The number of ether oxygens (including phenoxy) is 1. The first kappa shape index (κ1) is 35.5. The third-order valence-electron chi connectivity index (χ3n) is 8.64. The van der Waals surface area contributed by atoms with Gasteiger partial charge in [0.15, 0.2) is 5.69 Å². The maximum Gasteiger partial charge on any atom is 0.274 e. The summed E-state index contributed by atoms with van der Waals surface area (Å²) in [7, 11) is 3.44. The van der Waals surface area contributed by atoms with Crippen molar-refractivity contribution >= 4 is 17.7 Å². The molecule has 0 radical (unpaired) electrons. The van der Waals surface area contributed by atoms with Crippen LogP contribution in [0.1, 0.15) is 55.9 Å². The predicted molar refractivity (Wildman–Crippen MR) is 175 cm³/mol. The number of likely N-dealkylation sites (tertiary alicyclic amines) is 1.